The number of aromatic hydroxyl groups is 1. The molecule has 0 spiro atoms. The van der Waals surface area contributed by atoms with E-state index in [2.05, 4.69) is 4.90 Å². The van der Waals surface area contributed by atoms with Crippen LogP contribution in [0.25, 0.3) is 0 Å². The molecule has 1 aromatic rings. The van der Waals surface area contributed by atoms with Gasteiger partial charge in [0.15, 0.2) is 11.5 Å². The molecule has 4 unspecified atom stereocenters. The molecule has 0 bridgehead atoms. The molecular formula is C18H21NO5. The van der Waals surface area contributed by atoms with Crippen LogP contribution < -0.4 is 4.74 Å². The van der Waals surface area contributed by atoms with Gasteiger partial charge in [0.25, 0.3) is 0 Å². The standard InChI is InChI=1S/C18H21NO5/c1-9(20)24-18-14(22)5-10-3-4-19-8-11-6-13(21)15(23-2)7-12(11)16(18)17(10)19/h5-7,14,16-18,21-22H,3-4,8H2,1-2H3. The number of carbonyl (C=O) groups is 1. The Bertz CT molecular complexity index is 728. The molecule has 0 radical (unpaired) electrons. The summed E-state index contributed by atoms with van der Waals surface area (Å²) >= 11 is 0. The van der Waals surface area contributed by atoms with E-state index < -0.39 is 18.2 Å². The van der Waals surface area contributed by atoms with Crippen LogP contribution in [-0.4, -0.2) is 53.0 Å². The van der Waals surface area contributed by atoms with Crippen molar-refractivity contribution in [2.24, 2.45) is 0 Å². The Labute approximate surface area is 140 Å². The highest BCUT2D eigenvalue weighted by Gasteiger charge is 2.50. The van der Waals surface area contributed by atoms with E-state index in [1.807, 2.05) is 12.1 Å². The minimum absolute atomic E-state index is 0.102. The predicted octanol–water partition coefficient (Wildman–Crippen LogP) is 1.30. The van der Waals surface area contributed by atoms with E-state index in [4.69, 9.17) is 9.47 Å². The predicted molar refractivity (Wildman–Crippen MR) is 85.9 cm³/mol. The minimum atomic E-state index is -0.823. The molecule has 1 fully saturated rings. The molecule has 2 aliphatic heterocycles. The second-order valence-electron chi connectivity index (χ2n) is 6.72. The molecule has 0 amide bonds. The van der Waals surface area contributed by atoms with E-state index in [-0.39, 0.29) is 17.7 Å². The van der Waals surface area contributed by atoms with Crippen molar-refractivity contribution in [2.45, 2.75) is 44.1 Å². The highest BCUT2D eigenvalue weighted by atomic mass is 16.6. The van der Waals surface area contributed by atoms with Crippen LogP contribution >= 0.6 is 0 Å². The second-order valence-corrected chi connectivity index (χ2v) is 6.72. The topological polar surface area (TPSA) is 79.2 Å². The third kappa shape index (κ3) is 2.21. The van der Waals surface area contributed by atoms with Gasteiger partial charge in [-0.3, -0.25) is 9.69 Å². The first-order chi connectivity index (χ1) is 11.5. The summed E-state index contributed by atoms with van der Waals surface area (Å²) < 4.78 is 10.7. The average molecular weight is 331 g/mol. The maximum absolute atomic E-state index is 11.6. The van der Waals surface area contributed by atoms with E-state index in [0.717, 1.165) is 30.6 Å². The summed E-state index contributed by atoms with van der Waals surface area (Å²) in [6.07, 6.45) is 1.29. The van der Waals surface area contributed by atoms with Crippen LogP contribution in [0.15, 0.2) is 23.8 Å². The first-order valence-electron chi connectivity index (χ1n) is 8.19. The SMILES string of the molecule is COc1cc2c(cc1O)CN1CCC3=CC(O)C(OC(C)=O)C2C31. The molecular weight excluding hydrogens is 310 g/mol. The molecule has 0 saturated carbocycles. The number of phenolic OH excluding ortho intramolecular Hbond substituents is 1. The number of rotatable bonds is 2. The summed E-state index contributed by atoms with van der Waals surface area (Å²) in [5.41, 5.74) is 3.17. The van der Waals surface area contributed by atoms with E-state index in [9.17, 15) is 15.0 Å². The molecule has 1 aliphatic carbocycles. The third-order valence-corrected chi connectivity index (χ3v) is 5.35. The number of hydrogen-bond donors (Lipinski definition) is 2. The Morgan fingerprint density at radius 3 is 2.88 bits per heavy atom. The zero-order chi connectivity index (χ0) is 17.0. The minimum Gasteiger partial charge on any atom is -0.504 e. The zero-order valence-corrected chi connectivity index (χ0v) is 13.7. The Morgan fingerprint density at radius 2 is 2.17 bits per heavy atom. The fourth-order valence-electron chi connectivity index (χ4n) is 4.46. The number of ether oxygens (including phenoxy) is 2. The number of aliphatic hydroxyl groups is 1. The number of benzene rings is 1. The van der Waals surface area contributed by atoms with Gasteiger partial charge in [0, 0.05) is 32.0 Å². The first kappa shape index (κ1) is 15.5. The molecule has 128 valence electrons. The Kier molecular flexibility index (Phi) is 3.54. The van der Waals surface area contributed by atoms with Crippen molar-refractivity contribution in [2.75, 3.05) is 13.7 Å². The van der Waals surface area contributed by atoms with Crippen LogP contribution in [0.4, 0.5) is 0 Å². The quantitative estimate of drug-likeness (QED) is 0.628. The summed E-state index contributed by atoms with van der Waals surface area (Å²) in [4.78, 5) is 13.9. The van der Waals surface area contributed by atoms with Crippen molar-refractivity contribution in [1.29, 1.82) is 0 Å². The first-order valence-corrected chi connectivity index (χ1v) is 8.19. The van der Waals surface area contributed by atoms with E-state index in [0.29, 0.717) is 5.75 Å². The van der Waals surface area contributed by atoms with Crippen LogP contribution in [0.2, 0.25) is 0 Å². The smallest absolute Gasteiger partial charge is 0.303 e. The highest BCUT2D eigenvalue weighted by Crippen LogP contribution is 2.49. The van der Waals surface area contributed by atoms with Gasteiger partial charge in [0.05, 0.1) is 7.11 Å². The van der Waals surface area contributed by atoms with Crippen molar-refractivity contribution in [3.05, 3.63) is 34.9 Å². The molecule has 24 heavy (non-hydrogen) atoms. The fraction of sp³-hybridized carbons (Fsp3) is 0.500. The molecule has 2 N–H and O–H groups in total. The number of fused-ring (bicyclic) bond motifs is 2. The largest absolute Gasteiger partial charge is 0.504 e. The lowest BCUT2D eigenvalue weighted by atomic mass is 9.73. The van der Waals surface area contributed by atoms with Crippen LogP contribution in [0.1, 0.15) is 30.4 Å². The summed E-state index contributed by atoms with van der Waals surface area (Å²) in [7, 11) is 1.51. The lowest BCUT2D eigenvalue weighted by molar-refractivity contribution is -0.154. The van der Waals surface area contributed by atoms with E-state index in [1.165, 1.54) is 19.6 Å². The Balaban J connectivity index is 1.87. The number of esters is 1. The molecule has 0 aromatic heterocycles. The summed E-state index contributed by atoms with van der Waals surface area (Å²) in [5, 5.41) is 20.6. The Morgan fingerprint density at radius 1 is 1.38 bits per heavy atom. The zero-order valence-electron chi connectivity index (χ0n) is 13.7. The van der Waals surface area contributed by atoms with E-state index >= 15 is 0 Å². The molecule has 3 aliphatic rings. The lowest BCUT2D eigenvalue weighted by Gasteiger charge is -2.45. The Hall–Kier alpha value is -2.05. The van der Waals surface area contributed by atoms with Gasteiger partial charge in [-0.2, -0.15) is 0 Å². The van der Waals surface area contributed by atoms with Crippen molar-refractivity contribution in [3.63, 3.8) is 0 Å². The molecule has 2 heterocycles. The van der Waals surface area contributed by atoms with E-state index in [1.54, 1.807) is 6.07 Å². The highest BCUT2D eigenvalue weighted by molar-refractivity contribution is 5.66. The third-order valence-electron chi connectivity index (χ3n) is 5.35. The molecule has 1 aromatic carbocycles. The van der Waals surface area contributed by atoms with Crippen molar-refractivity contribution >= 4 is 5.97 Å². The van der Waals surface area contributed by atoms with Gasteiger partial charge in [-0.1, -0.05) is 11.6 Å². The van der Waals surface area contributed by atoms with Crippen molar-refractivity contribution in [1.82, 2.24) is 4.90 Å². The number of aliphatic hydroxyl groups excluding tert-OH is 1. The average Bonchev–Trinajstić information content (AvgIpc) is 2.92. The maximum Gasteiger partial charge on any atom is 0.303 e. The van der Waals surface area contributed by atoms with Crippen molar-refractivity contribution in [3.8, 4) is 11.5 Å². The summed E-state index contributed by atoms with van der Waals surface area (Å²) in [5.74, 6) is -0.0691. The van der Waals surface area contributed by atoms with Gasteiger partial charge in [0.1, 0.15) is 12.2 Å². The van der Waals surface area contributed by atoms with Crippen LogP contribution in [-0.2, 0) is 16.1 Å². The number of methoxy groups -OCH3 is 1. The van der Waals surface area contributed by atoms with Gasteiger partial charge in [-0.25, -0.2) is 0 Å². The molecule has 6 heteroatoms. The van der Waals surface area contributed by atoms with Gasteiger partial charge in [-0.15, -0.1) is 0 Å². The number of carbonyl (C=O) groups excluding carboxylic acids is 1. The van der Waals surface area contributed by atoms with Gasteiger partial charge < -0.3 is 19.7 Å². The van der Waals surface area contributed by atoms with Gasteiger partial charge in [-0.05, 0) is 29.7 Å². The van der Waals surface area contributed by atoms with Gasteiger partial charge in [0.2, 0.25) is 0 Å². The van der Waals surface area contributed by atoms with Crippen LogP contribution in [0, 0.1) is 0 Å². The monoisotopic (exact) mass is 331 g/mol. The molecule has 6 nitrogen and oxygen atoms in total. The van der Waals surface area contributed by atoms with Crippen molar-refractivity contribution < 1.29 is 24.5 Å². The van der Waals surface area contributed by atoms with Crippen LogP contribution in [0.3, 0.4) is 0 Å². The number of phenols is 1. The van der Waals surface area contributed by atoms with Gasteiger partial charge >= 0.3 is 5.97 Å². The summed E-state index contributed by atoms with van der Waals surface area (Å²) in [6, 6.07) is 3.66. The molecule has 4 rings (SSSR count). The lowest BCUT2D eigenvalue weighted by Crippen LogP contribution is -2.51. The normalized spacial score (nSPS) is 31.0. The maximum atomic E-state index is 11.6. The number of hydrogen-bond acceptors (Lipinski definition) is 6. The second kappa shape index (κ2) is 5.50. The summed E-state index contributed by atoms with van der Waals surface area (Å²) in [6.45, 7) is 2.99. The van der Waals surface area contributed by atoms with Crippen LogP contribution in [0.5, 0.6) is 11.5 Å². The molecule has 4 atom stereocenters. The number of nitrogens with zero attached hydrogens (tertiary/aromatic N) is 1. The fourth-order valence-corrected chi connectivity index (χ4v) is 4.46. The molecule has 1 saturated heterocycles.